The van der Waals surface area contributed by atoms with Gasteiger partial charge in [-0.3, -0.25) is 4.90 Å². The number of aryl methyl sites for hydroxylation is 2. The van der Waals surface area contributed by atoms with Crippen molar-refractivity contribution >= 4 is 17.6 Å². The molecule has 0 bridgehead atoms. The van der Waals surface area contributed by atoms with E-state index in [1.54, 1.807) is 0 Å². The molecule has 1 fully saturated rings. The van der Waals surface area contributed by atoms with Crippen molar-refractivity contribution in [2.24, 2.45) is 0 Å². The molecule has 0 aliphatic carbocycles. The average molecular weight is 396 g/mol. The molecule has 0 atom stereocenters. The molecule has 2 aromatic rings. The van der Waals surface area contributed by atoms with Crippen molar-refractivity contribution in [2.45, 2.75) is 44.6 Å². The number of fused-ring (bicyclic) bond motifs is 1. The standard InChI is InChI=1S/C24H33N3S/c1-19-10-11-20(2)22(18-19)26-16-14-25(15-17-26)12-7-13-27-24(3,4)21-8-5-6-9-23(21)28-27/h5-6,8-11,18H,7,12-17H2,1-4H3. The first-order valence-electron chi connectivity index (χ1n) is 10.5. The summed E-state index contributed by atoms with van der Waals surface area (Å²) in [5.41, 5.74) is 5.78. The van der Waals surface area contributed by atoms with Crippen LogP contribution in [-0.2, 0) is 5.54 Å². The molecule has 4 rings (SSSR count). The van der Waals surface area contributed by atoms with Gasteiger partial charge in [0.2, 0.25) is 0 Å². The Hall–Kier alpha value is -1.49. The van der Waals surface area contributed by atoms with E-state index in [4.69, 9.17) is 0 Å². The molecular weight excluding hydrogens is 362 g/mol. The minimum absolute atomic E-state index is 0.128. The Bertz CT molecular complexity index is 824. The molecule has 0 spiro atoms. The highest BCUT2D eigenvalue weighted by molar-refractivity contribution is 7.97. The average Bonchev–Trinajstić information content (AvgIpc) is 2.95. The number of anilines is 1. The van der Waals surface area contributed by atoms with Crippen LogP contribution >= 0.6 is 11.9 Å². The lowest BCUT2D eigenvalue weighted by atomic mass is 9.94. The van der Waals surface area contributed by atoms with Crippen molar-refractivity contribution < 1.29 is 0 Å². The van der Waals surface area contributed by atoms with Gasteiger partial charge in [0.1, 0.15) is 0 Å². The third kappa shape index (κ3) is 3.96. The molecule has 2 aliphatic heterocycles. The fraction of sp³-hybridized carbons (Fsp3) is 0.500. The monoisotopic (exact) mass is 395 g/mol. The highest BCUT2D eigenvalue weighted by Gasteiger charge is 2.37. The first-order valence-corrected chi connectivity index (χ1v) is 11.3. The summed E-state index contributed by atoms with van der Waals surface area (Å²) in [7, 11) is 0. The van der Waals surface area contributed by atoms with Crippen molar-refractivity contribution in [3.8, 4) is 0 Å². The van der Waals surface area contributed by atoms with E-state index in [1.807, 2.05) is 11.9 Å². The van der Waals surface area contributed by atoms with Crippen LogP contribution in [0.1, 0.15) is 37.0 Å². The van der Waals surface area contributed by atoms with Crippen molar-refractivity contribution in [2.75, 3.05) is 44.2 Å². The second-order valence-corrected chi connectivity index (χ2v) is 9.78. The molecule has 4 heteroatoms. The molecular formula is C24H33N3S. The van der Waals surface area contributed by atoms with Gasteiger partial charge in [0.05, 0.1) is 5.54 Å². The van der Waals surface area contributed by atoms with Gasteiger partial charge in [-0.05, 0) is 81.4 Å². The zero-order valence-electron chi connectivity index (χ0n) is 17.7. The number of benzene rings is 2. The molecule has 0 amide bonds. The van der Waals surface area contributed by atoms with E-state index in [-0.39, 0.29) is 5.54 Å². The Morgan fingerprint density at radius 1 is 0.929 bits per heavy atom. The number of hydrogen-bond acceptors (Lipinski definition) is 4. The molecule has 1 saturated heterocycles. The van der Waals surface area contributed by atoms with Crippen LogP contribution in [0.5, 0.6) is 0 Å². The highest BCUT2D eigenvalue weighted by Crippen LogP contribution is 2.47. The fourth-order valence-corrected chi connectivity index (χ4v) is 5.79. The zero-order valence-corrected chi connectivity index (χ0v) is 18.6. The van der Waals surface area contributed by atoms with Gasteiger partial charge in [-0.25, -0.2) is 4.31 Å². The summed E-state index contributed by atoms with van der Waals surface area (Å²) in [6.07, 6.45) is 1.23. The summed E-state index contributed by atoms with van der Waals surface area (Å²) in [5, 5.41) is 0. The van der Waals surface area contributed by atoms with E-state index in [9.17, 15) is 0 Å². The van der Waals surface area contributed by atoms with Gasteiger partial charge in [-0.1, -0.05) is 30.3 Å². The van der Waals surface area contributed by atoms with E-state index in [0.717, 1.165) is 19.6 Å². The van der Waals surface area contributed by atoms with Crippen molar-refractivity contribution in [1.82, 2.24) is 9.21 Å². The van der Waals surface area contributed by atoms with Gasteiger partial charge in [-0.15, -0.1) is 0 Å². The van der Waals surface area contributed by atoms with E-state index in [2.05, 4.69) is 84.3 Å². The van der Waals surface area contributed by atoms with Gasteiger partial charge in [0.15, 0.2) is 0 Å². The van der Waals surface area contributed by atoms with E-state index in [0.29, 0.717) is 0 Å². The van der Waals surface area contributed by atoms with Crippen LogP contribution < -0.4 is 4.90 Å². The molecule has 2 heterocycles. The number of piperazine rings is 1. The summed E-state index contributed by atoms with van der Waals surface area (Å²) in [6.45, 7) is 16.1. The summed E-state index contributed by atoms with van der Waals surface area (Å²) < 4.78 is 2.57. The number of nitrogens with zero attached hydrogens (tertiary/aromatic N) is 3. The van der Waals surface area contributed by atoms with Crippen LogP contribution in [-0.4, -0.2) is 48.5 Å². The molecule has 0 N–H and O–H groups in total. The molecule has 0 saturated carbocycles. The van der Waals surface area contributed by atoms with E-state index >= 15 is 0 Å². The summed E-state index contributed by atoms with van der Waals surface area (Å²) >= 11 is 1.94. The Kier molecular flexibility index (Phi) is 5.73. The van der Waals surface area contributed by atoms with Crippen LogP contribution in [0.3, 0.4) is 0 Å². The maximum atomic E-state index is 2.64. The smallest absolute Gasteiger partial charge is 0.0520 e. The summed E-state index contributed by atoms with van der Waals surface area (Å²) in [5.74, 6) is 0. The normalized spacial score (nSPS) is 19.8. The largest absolute Gasteiger partial charge is 0.369 e. The van der Waals surface area contributed by atoms with Crippen LogP contribution in [0.25, 0.3) is 0 Å². The highest BCUT2D eigenvalue weighted by atomic mass is 32.2. The molecule has 2 aromatic carbocycles. The van der Waals surface area contributed by atoms with Gasteiger partial charge < -0.3 is 4.90 Å². The van der Waals surface area contributed by atoms with Gasteiger partial charge in [-0.2, -0.15) is 0 Å². The Balaban J connectivity index is 1.26. The molecule has 0 radical (unpaired) electrons. The maximum absolute atomic E-state index is 2.64. The van der Waals surface area contributed by atoms with Crippen LogP contribution in [0.2, 0.25) is 0 Å². The predicted octanol–water partition coefficient (Wildman–Crippen LogP) is 5.07. The third-order valence-electron chi connectivity index (χ3n) is 6.29. The van der Waals surface area contributed by atoms with Crippen molar-refractivity contribution in [3.63, 3.8) is 0 Å². The predicted molar refractivity (Wildman–Crippen MR) is 121 cm³/mol. The lowest BCUT2D eigenvalue weighted by Crippen LogP contribution is -2.47. The second kappa shape index (κ2) is 8.10. The van der Waals surface area contributed by atoms with Crippen molar-refractivity contribution in [1.29, 1.82) is 0 Å². The molecule has 150 valence electrons. The molecule has 2 aliphatic rings. The Morgan fingerprint density at radius 3 is 2.43 bits per heavy atom. The molecule has 0 unspecified atom stereocenters. The zero-order chi connectivity index (χ0) is 19.7. The summed E-state index contributed by atoms with van der Waals surface area (Å²) in [4.78, 5) is 6.63. The second-order valence-electron chi connectivity index (χ2n) is 8.72. The molecule has 28 heavy (non-hydrogen) atoms. The van der Waals surface area contributed by atoms with E-state index < -0.39 is 0 Å². The van der Waals surface area contributed by atoms with Gasteiger partial charge in [0.25, 0.3) is 0 Å². The topological polar surface area (TPSA) is 9.72 Å². The maximum Gasteiger partial charge on any atom is 0.0520 e. The quantitative estimate of drug-likeness (QED) is 0.653. The first-order chi connectivity index (χ1) is 13.4. The van der Waals surface area contributed by atoms with E-state index in [1.165, 1.54) is 53.3 Å². The van der Waals surface area contributed by atoms with Gasteiger partial charge >= 0.3 is 0 Å². The Morgan fingerprint density at radius 2 is 1.68 bits per heavy atom. The first kappa shape index (κ1) is 19.8. The third-order valence-corrected chi connectivity index (χ3v) is 7.70. The number of rotatable bonds is 5. The minimum Gasteiger partial charge on any atom is -0.369 e. The SMILES string of the molecule is Cc1ccc(C)c(N2CCN(CCCN3Sc4ccccc4C3(C)C)CC2)c1. The minimum atomic E-state index is 0.128. The lowest BCUT2D eigenvalue weighted by molar-refractivity contribution is 0.218. The molecule has 0 aromatic heterocycles. The van der Waals surface area contributed by atoms with Gasteiger partial charge in [0, 0.05) is 43.3 Å². The number of hydrogen-bond donors (Lipinski definition) is 0. The van der Waals surface area contributed by atoms with Crippen LogP contribution in [0.4, 0.5) is 5.69 Å². The van der Waals surface area contributed by atoms with Crippen LogP contribution in [0, 0.1) is 13.8 Å². The fourth-order valence-electron chi connectivity index (χ4n) is 4.45. The lowest BCUT2D eigenvalue weighted by Gasteiger charge is -2.37. The van der Waals surface area contributed by atoms with Crippen molar-refractivity contribution in [3.05, 3.63) is 59.2 Å². The van der Waals surface area contributed by atoms with Crippen LogP contribution in [0.15, 0.2) is 47.4 Å². The summed E-state index contributed by atoms with van der Waals surface area (Å²) in [6, 6.07) is 15.7. The molecule has 3 nitrogen and oxygen atoms in total. The Labute approximate surface area is 174 Å².